The van der Waals surface area contributed by atoms with Gasteiger partial charge >= 0.3 is 0 Å². The second-order valence-corrected chi connectivity index (χ2v) is 5.64. The van der Waals surface area contributed by atoms with Crippen molar-refractivity contribution < 1.29 is 4.74 Å². The molecule has 1 aliphatic rings. The molecular weight excluding hydrogens is 238 g/mol. The SMILES string of the molecule is COc1ccc(N)c(NCCC2CCCC(C)C2)n1. The van der Waals surface area contributed by atoms with E-state index in [0.29, 0.717) is 11.6 Å². The number of nitrogens with zero attached hydrogens (tertiary/aromatic N) is 1. The summed E-state index contributed by atoms with van der Waals surface area (Å²) in [6, 6.07) is 3.61. The number of nitrogens with one attached hydrogen (secondary N) is 1. The first-order chi connectivity index (χ1) is 9.19. The standard InChI is InChI=1S/C15H25N3O/c1-11-4-3-5-12(10-11)8-9-17-15-13(16)6-7-14(18-15)19-2/h6-7,11-12H,3-5,8-10,16H2,1-2H3,(H,17,18). The van der Waals surface area contributed by atoms with Crippen molar-refractivity contribution in [2.75, 3.05) is 24.7 Å². The van der Waals surface area contributed by atoms with Crippen LogP contribution in [0.5, 0.6) is 5.88 Å². The minimum atomic E-state index is 0.600. The van der Waals surface area contributed by atoms with Gasteiger partial charge in [-0.1, -0.05) is 26.2 Å². The van der Waals surface area contributed by atoms with Gasteiger partial charge in [-0.3, -0.25) is 0 Å². The van der Waals surface area contributed by atoms with Gasteiger partial charge in [-0.25, -0.2) is 0 Å². The van der Waals surface area contributed by atoms with Crippen LogP contribution in [0.3, 0.4) is 0 Å². The largest absolute Gasteiger partial charge is 0.481 e. The quantitative estimate of drug-likeness (QED) is 0.855. The molecule has 0 saturated heterocycles. The molecule has 0 bridgehead atoms. The molecule has 1 aromatic heterocycles. The fourth-order valence-corrected chi connectivity index (χ4v) is 2.92. The fraction of sp³-hybridized carbons (Fsp3) is 0.667. The lowest BCUT2D eigenvalue weighted by atomic mass is 9.81. The first kappa shape index (κ1) is 14.0. The number of aromatic nitrogens is 1. The Morgan fingerprint density at radius 1 is 1.42 bits per heavy atom. The smallest absolute Gasteiger partial charge is 0.215 e. The topological polar surface area (TPSA) is 60.2 Å². The number of pyridine rings is 1. The number of nitrogens with two attached hydrogens (primary N) is 1. The molecule has 0 amide bonds. The van der Waals surface area contributed by atoms with Crippen LogP contribution in [0.15, 0.2) is 12.1 Å². The van der Waals surface area contributed by atoms with Gasteiger partial charge in [0.2, 0.25) is 5.88 Å². The first-order valence-corrected chi connectivity index (χ1v) is 7.23. The molecule has 0 aliphatic heterocycles. The van der Waals surface area contributed by atoms with E-state index >= 15 is 0 Å². The van der Waals surface area contributed by atoms with E-state index in [4.69, 9.17) is 10.5 Å². The third-order valence-corrected chi connectivity index (χ3v) is 4.00. The van der Waals surface area contributed by atoms with Gasteiger partial charge in [-0.2, -0.15) is 4.98 Å². The molecule has 2 unspecified atom stereocenters. The maximum absolute atomic E-state index is 5.90. The summed E-state index contributed by atoms with van der Waals surface area (Å²) in [6.07, 6.45) is 6.71. The van der Waals surface area contributed by atoms with E-state index in [-0.39, 0.29) is 0 Å². The van der Waals surface area contributed by atoms with Crippen molar-refractivity contribution in [3.63, 3.8) is 0 Å². The van der Waals surface area contributed by atoms with Crippen molar-refractivity contribution in [1.82, 2.24) is 4.98 Å². The highest BCUT2D eigenvalue weighted by Crippen LogP contribution is 2.30. The number of methoxy groups -OCH3 is 1. The number of anilines is 2. The van der Waals surface area contributed by atoms with E-state index < -0.39 is 0 Å². The number of hydrogen-bond acceptors (Lipinski definition) is 4. The van der Waals surface area contributed by atoms with Crippen molar-refractivity contribution in [2.24, 2.45) is 11.8 Å². The Kier molecular flexibility index (Phi) is 4.88. The van der Waals surface area contributed by atoms with Crippen LogP contribution < -0.4 is 15.8 Å². The highest BCUT2D eigenvalue weighted by molar-refractivity contribution is 5.61. The van der Waals surface area contributed by atoms with Crippen LogP contribution in [-0.4, -0.2) is 18.6 Å². The molecule has 1 saturated carbocycles. The second-order valence-electron chi connectivity index (χ2n) is 5.64. The van der Waals surface area contributed by atoms with Gasteiger partial charge in [0.1, 0.15) is 0 Å². The molecule has 4 nitrogen and oxygen atoms in total. The Hall–Kier alpha value is -1.45. The monoisotopic (exact) mass is 263 g/mol. The molecule has 1 aromatic rings. The minimum absolute atomic E-state index is 0.600. The average Bonchev–Trinajstić information content (AvgIpc) is 2.41. The van der Waals surface area contributed by atoms with Crippen LogP contribution in [0.2, 0.25) is 0 Å². The van der Waals surface area contributed by atoms with Gasteiger partial charge in [0.05, 0.1) is 12.8 Å². The van der Waals surface area contributed by atoms with Crippen molar-refractivity contribution in [3.8, 4) is 5.88 Å². The highest BCUT2D eigenvalue weighted by atomic mass is 16.5. The van der Waals surface area contributed by atoms with Gasteiger partial charge in [0, 0.05) is 12.6 Å². The van der Waals surface area contributed by atoms with Crippen LogP contribution in [-0.2, 0) is 0 Å². The van der Waals surface area contributed by atoms with Gasteiger partial charge in [0.15, 0.2) is 5.82 Å². The van der Waals surface area contributed by atoms with E-state index in [1.54, 1.807) is 13.2 Å². The summed E-state index contributed by atoms with van der Waals surface area (Å²) in [5.41, 5.74) is 6.58. The lowest BCUT2D eigenvalue weighted by molar-refractivity contribution is 0.274. The zero-order valence-corrected chi connectivity index (χ0v) is 12.0. The second kappa shape index (κ2) is 6.64. The van der Waals surface area contributed by atoms with Crippen LogP contribution in [0.4, 0.5) is 11.5 Å². The average molecular weight is 263 g/mol. The van der Waals surface area contributed by atoms with E-state index in [0.717, 1.165) is 24.2 Å². The zero-order valence-electron chi connectivity index (χ0n) is 12.0. The van der Waals surface area contributed by atoms with Crippen molar-refractivity contribution >= 4 is 11.5 Å². The van der Waals surface area contributed by atoms with Crippen molar-refractivity contribution in [2.45, 2.75) is 39.0 Å². The van der Waals surface area contributed by atoms with Crippen LogP contribution in [0.1, 0.15) is 39.0 Å². The van der Waals surface area contributed by atoms with Crippen molar-refractivity contribution in [1.29, 1.82) is 0 Å². The van der Waals surface area contributed by atoms with E-state index in [1.165, 1.54) is 32.1 Å². The third kappa shape index (κ3) is 4.01. The zero-order chi connectivity index (χ0) is 13.7. The number of rotatable bonds is 5. The number of nitrogen functional groups attached to an aromatic ring is 1. The lowest BCUT2D eigenvalue weighted by Gasteiger charge is -2.26. The summed E-state index contributed by atoms with van der Waals surface area (Å²) in [5, 5.41) is 3.33. The predicted molar refractivity (Wildman–Crippen MR) is 79.4 cm³/mol. The molecule has 0 aromatic carbocycles. The van der Waals surface area contributed by atoms with Gasteiger partial charge in [-0.15, -0.1) is 0 Å². The Bertz CT molecular complexity index is 408. The van der Waals surface area contributed by atoms with Crippen LogP contribution in [0.25, 0.3) is 0 Å². The molecule has 1 aliphatic carbocycles. The molecule has 0 radical (unpaired) electrons. The lowest BCUT2D eigenvalue weighted by Crippen LogP contribution is -2.17. The molecule has 3 N–H and O–H groups in total. The Balaban J connectivity index is 1.81. The summed E-state index contributed by atoms with van der Waals surface area (Å²) in [4.78, 5) is 4.33. The molecular formula is C15H25N3O. The molecule has 2 atom stereocenters. The molecule has 0 spiro atoms. The summed E-state index contributed by atoms with van der Waals surface area (Å²) in [7, 11) is 1.62. The van der Waals surface area contributed by atoms with Gasteiger partial charge < -0.3 is 15.8 Å². The maximum Gasteiger partial charge on any atom is 0.215 e. The molecule has 2 rings (SSSR count). The van der Waals surface area contributed by atoms with Gasteiger partial charge in [0.25, 0.3) is 0 Å². The van der Waals surface area contributed by atoms with E-state index in [1.807, 2.05) is 6.07 Å². The third-order valence-electron chi connectivity index (χ3n) is 4.00. The highest BCUT2D eigenvalue weighted by Gasteiger charge is 2.18. The van der Waals surface area contributed by atoms with E-state index in [2.05, 4.69) is 17.2 Å². The molecule has 1 fully saturated rings. The summed E-state index contributed by atoms with van der Waals surface area (Å²) >= 11 is 0. The summed E-state index contributed by atoms with van der Waals surface area (Å²) in [6.45, 7) is 3.29. The predicted octanol–water partition coefficient (Wildman–Crippen LogP) is 3.30. The maximum atomic E-state index is 5.90. The Morgan fingerprint density at radius 2 is 2.26 bits per heavy atom. The van der Waals surface area contributed by atoms with Crippen LogP contribution >= 0.6 is 0 Å². The van der Waals surface area contributed by atoms with Crippen molar-refractivity contribution in [3.05, 3.63) is 12.1 Å². The van der Waals surface area contributed by atoms with Crippen LogP contribution in [0, 0.1) is 11.8 Å². The minimum Gasteiger partial charge on any atom is -0.481 e. The summed E-state index contributed by atoms with van der Waals surface area (Å²) in [5.74, 6) is 3.08. The molecule has 1 heterocycles. The molecule has 19 heavy (non-hydrogen) atoms. The number of hydrogen-bond donors (Lipinski definition) is 2. The Labute approximate surface area is 115 Å². The molecule has 4 heteroatoms. The first-order valence-electron chi connectivity index (χ1n) is 7.23. The summed E-state index contributed by atoms with van der Waals surface area (Å²) < 4.78 is 5.11. The Morgan fingerprint density at radius 3 is 3.00 bits per heavy atom. The number of ether oxygens (including phenoxy) is 1. The molecule has 106 valence electrons. The normalized spacial score (nSPS) is 23.1. The fourth-order valence-electron chi connectivity index (χ4n) is 2.92. The van der Waals surface area contributed by atoms with Gasteiger partial charge in [-0.05, 0) is 30.7 Å². The van der Waals surface area contributed by atoms with E-state index in [9.17, 15) is 0 Å².